The van der Waals surface area contributed by atoms with Crippen molar-refractivity contribution in [1.82, 2.24) is 10.2 Å². The first kappa shape index (κ1) is 17.4. The van der Waals surface area contributed by atoms with E-state index < -0.39 is 0 Å². The second kappa shape index (κ2) is 10.2. The second-order valence-corrected chi connectivity index (χ2v) is 6.57. The zero-order valence-corrected chi connectivity index (χ0v) is 13.4. The van der Waals surface area contributed by atoms with Crippen molar-refractivity contribution in [3.05, 3.63) is 0 Å². The molecule has 0 saturated carbocycles. The third-order valence-corrected chi connectivity index (χ3v) is 3.94. The van der Waals surface area contributed by atoms with E-state index in [-0.39, 0.29) is 5.91 Å². The maximum atomic E-state index is 11.7. The molecule has 20 heavy (non-hydrogen) atoms. The molecule has 0 spiro atoms. The molecule has 1 unspecified atom stereocenters. The Morgan fingerprint density at radius 2 is 2.05 bits per heavy atom. The van der Waals surface area contributed by atoms with Crippen LogP contribution in [0.4, 0.5) is 0 Å². The fraction of sp³-hybridized carbons (Fsp3) is 0.938. The molecule has 1 heterocycles. The van der Waals surface area contributed by atoms with Gasteiger partial charge in [0.05, 0.1) is 0 Å². The maximum Gasteiger partial charge on any atom is 0.220 e. The Morgan fingerprint density at radius 3 is 2.75 bits per heavy atom. The standard InChI is InChI=1S/C16H33N3O/c1-14(2)12-19-10-8-15(13-19)11-18-16(20)7-5-3-4-6-9-17/h14-15H,3-13,17H2,1-2H3,(H,18,20). The molecular formula is C16H33N3O. The zero-order valence-electron chi connectivity index (χ0n) is 13.4. The molecule has 0 radical (unpaired) electrons. The summed E-state index contributed by atoms with van der Waals surface area (Å²) in [6, 6.07) is 0. The molecule has 0 aliphatic carbocycles. The first-order valence-corrected chi connectivity index (χ1v) is 8.31. The highest BCUT2D eigenvalue weighted by Crippen LogP contribution is 2.16. The minimum Gasteiger partial charge on any atom is -0.356 e. The van der Waals surface area contributed by atoms with Gasteiger partial charge in [0.25, 0.3) is 0 Å². The third-order valence-electron chi connectivity index (χ3n) is 3.94. The summed E-state index contributed by atoms with van der Waals surface area (Å²) in [5.41, 5.74) is 5.45. The average Bonchev–Trinajstić information content (AvgIpc) is 2.83. The molecule has 1 saturated heterocycles. The minimum atomic E-state index is 0.222. The van der Waals surface area contributed by atoms with Crippen LogP contribution in [-0.2, 0) is 4.79 Å². The summed E-state index contributed by atoms with van der Waals surface area (Å²) in [6.07, 6.45) is 6.24. The Bertz CT molecular complexity index is 268. The molecule has 3 N–H and O–H groups in total. The number of carbonyl (C=O) groups excluding carboxylic acids is 1. The van der Waals surface area contributed by atoms with Crippen LogP contribution in [0.3, 0.4) is 0 Å². The Kier molecular flexibility index (Phi) is 8.86. The Hall–Kier alpha value is -0.610. The molecule has 0 aromatic heterocycles. The van der Waals surface area contributed by atoms with E-state index in [4.69, 9.17) is 5.73 Å². The van der Waals surface area contributed by atoms with Crippen molar-refractivity contribution in [3.8, 4) is 0 Å². The molecule has 4 heteroatoms. The van der Waals surface area contributed by atoms with Crippen molar-refractivity contribution < 1.29 is 4.79 Å². The maximum absolute atomic E-state index is 11.7. The lowest BCUT2D eigenvalue weighted by Crippen LogP contribution is -2.31. The molecule has 1 aliphatic rings. The summed E-state index contributed by atoms with van der Waals surface area (Å²) in [4.78, 5) is 14.3. The number of hydrogen-bond acceptors (Lipinski definition) is 3. The summed E-state index contributed by atoms with van der Waals surface area (Å²) in [5, 5.41) is 3.10. The van der Waals surface area contributed by atoms with Crippen molar-refractivity contribution in [2.45, 2.75) is 52.4 Å². The number of rotatable bonds is 10. The van der Waals surface area contributed by atoms with Gasteiger partial charge in [-0.2, -0.15) is 0 Å². The van der Waals surface area contributed by atoms with Crippen LogP contribution < -0.4 is 11.1 Å². The van der Waals surface area contributed by atoms with Gasteiger partial charge >= 0.3 is 0 Å². The average molecular weight is 283 g/mol. The van der Waals surface area contributed by atoms with Crippen LogP contribution in [0, 0.1) is 11.8 Å². The van der Waals surface area contributed by atoms with Gasteiger partial charge in [-0.15, -0.1) is 0 Å². The van der Waals surface area contributed by atoms with Gasteiger partial charge in [0, 0.05) is 26.1 Å². The van der Waals surface area contributed by atoms with Crippen molar-refractivity contribution in [2.24, 2.45) is 17.6 Å². The fourth-order valence-corrected chi connectivity index (χ4v) is 2.89. The lowest BCUT2D eigenvalue weighted by molar-refractivity contribution is -0.121. The van der Waals surface area contributed by atoms with Crippen LogP contribution in [0.15, 0.2) is 0 Å². The summed E-state index contributed by atoms with van der Waals surface area (Å²) >= 11 is 0. The normalized spacial score (nSPS) is 19.7. The van der Waals surface area contributed by atoms with Crippen LogP contribution in [0.25, 0.3) is 0 Å². The lowest BCUT2D eigenvalue weighted by atomic mass is 10.1. The van der Waals surface area contributed by atoms with Gasteiger partial charge in [-0.1, -0.05) is 26.7 Å². The molecule has 1 aliphatic heterocycles. The van der Waals surface area contributed by atoms with Gasteiger partial charge in [0.15, 0.2) is 0 Å². The molecule has 1 fully saturated rings. The molecule has 1 atom stereocenters. The highest BCUT2D eigenvalue weighted by atomic mass is 16.1. The largest absolute Gasteiger partial charge is 0.356 e. The minimum absolute atomic E-state index is 0.222. The predicted octanol–water partition coefficient (Wildman–Crippen LogP) is 1.99. The second-order valence-electron chi connectivity index (χ2n) is 6.57. The van der Waals surface area contributed by atoms with E-state index in [1.54, 1.807) is 0 Å². The van der Waals surface area contributed by atoms with Crippen molar-refractivity contribution >= 4 is 5.91 Å². The smallest absolute Gasteiger partial charge is 0.220 e. The van der Waals surface area contributed by atoms with Crippen LogP contribution in [0.1, 0.15) is 52.4 Å². The van der Waals surface area contributed by atoms with E-state index in [1.165, 1.54) is 19.5 Å². The lowest BCUT2D eigenvalue weighted by Gasteiger charge is -2.18. The number of nitrogens with zero attached hydrogens (tertiary/aromatic N) is 1. The number of nitrogens with two attached hydrogens (primary N) is 1. The van der Waals surface area contributed by atoms with Gasteiger partial charge in [-0.25, -0.2) is 0 Å². The predicted molar refractivity (Wildman–Crippen MR) is 84.5 cm³/mol. The topological polar surface area (TPSA) is 58.4 Å². The van der Waals surface area contributed by atoms with E-state index in [2.05, 4.69) is 24.1 Å². The van der Waals surface area contributed by atoms with E-state index >= 15 is 0 Å². The third kappa shape index (κ3) is 7.85. The van der Waals surface area contributed by atoms with Crippen molar-refractivity contribution in [2.75, 3.05) is 32.7 Å². The molecule has 4 nitrogen and oxygen atoms in total. The zero-order chi connectivity index (χ0) is 14.8. The van der Waals surface area contributed by atoms with Crippen LogP contribution >= 0.6 is 0 Å². The monoisotopic (exact) mass is 283 g/mol. The van der Waals surface area contributed by atoms with Gasteiger partial charge in [-0.05, 0) is 44.2 Å². The van der Waals surface area contributed by atoms with Gasteiger partial charge in [-0.3, -0.25) is 4.79 Å². The van der Waals surface area contributed by atoms with Crippen LogP contribution in [-0.4, -0.2) is 43.5 Å². The van der Waals surface area contributed by atoms with Gasteiger partial charge in [0.1, 0.15) is 0 Å². The highest BCUT2D eigenvalue weighted by Gasteiger charge is 2.22. The number of amides is 1. The number of likely N-dealkylation sites (tertiary alicyclic amines) is 1. The first-order valence-electron chi connectivity index (χ1n) is 8.31. The SMILES string of the molecule is CC(C)CN1CCC(CNC(=O)CCCCCCN)C1. The summed E-state index contributed by atoms with van der Waals surface area (Å²) in [6.45, 7) is 9.68. The van der Waals surface area contributed by atoms with Gasteiger partial charge in [0.2, 0.25) is 5.91 Å². The number of hydrogen-bond donors (Lipinski definition) is 2. The van der Waals surface area contributed by atoms with E-state index in [1.807, 2.05) is 0 Å². The number of unbranched alkanes of at least 4 members (excludes halogenated alkanes) is 3. The Labute approximate surface area is 124 Å². The van der Waals surface area contributed by atoms with E-state index in [9.17, 15) is 4.79 Å². The summed E-state index contributed by atoms with van der Waals surface area (Å²) in [5.74, 6) is 1.60. The van der Waals surface area contributed by atoms with Crippen LogP contribution in [0.5, 0.6) is 0 Å². The van der Waals surface area contributed by atoms with E-state index in [0.29, 0.717) is 12.3 Å². The summed E-state index contributed by atoms with van der Waals surface area (Å²) in [7, 11) is 0. The fourth-order valence-electron chi connectivity index (χ4n) is 2.89. The first-order chi connectivity index (χ1) is 9.61. The number of nitrogens with one attached hydrogen (secondary N) is 1. The van der Waals surface area contributed by atoms with E-state index in [0.717, 1.165) is 51.2 Å². The quantitative estimate of drug-likeness (QED) is 0.603. The molecule has 1 rings (SSSR count). The van der Waals surface area contributed by atoms with Crippen LogP contribution in [0.2, 0.25) is 0 Å². The van der Waals surface area contributed by atoms with Crippen molar-refractivity contribution in [3.63, 3.8) is 0 Å². The molecular weight excluding hydrogens is 250 g/mol. The number of carbonyl (C=O) groups is 1. The Balaban J connectivity index is 2.01. The molecule has 1 amide bonds. The van der Waals surface area contributed by atoms with Gasteiger partial charge < -0.3 is 16.0 Å². The Morgan fingerprint density at radius 1 is 1.30 bits per heavy atom. The summed E-state index contributed by atoms with van der Waals surface area (Å²) < 4.78 is 0. The highest BCUT2D eigenvalue weighted by molar-refractivity contribution is 5.75. The molecule has 118 valence electrons. The molecule has 0 aromatic rings. The molecule has 0 aromatic carbocycles. The molecule has 0 bridgehead atoms. The van der Waals surface area contributed by atoms with Crippen molar-refractivity contribution in [1.29, 1.82) is 0 Å².